The molecule has 2 aromatic carbocycles. The SMILES string of the molecule is CC(=O)Nc1ccc(-c2nc(-c3cccc(-c4ccnn4C)c3)no2)cc1. The van der Waals surface area contributed by atoms with Gasteiger partial charge in [0, 0.05) is 42.5 Å². The van der Waals surface area contributed by atoms with Gasteiger partial charge in [0.25, 0.3) is 5.89 Å². The number of hydrogen-bond donors (Lipinski definition) is 1. The van der Waals surface area contributed by atoms with E-state index in [4.69, 9.17) is 4.52 Å². The van der Waals surface area contributed by atoms with Crippen LogP contribution in [0.2, 0.25) is 0 Å². The quantitative estimate of drug-likeness (QED) is 0.599. The van der Waals surface area contributed by atoms with Gasteiger partial charge in [-0.05, 0) is 36.4 Å². The Hall–Kier alpha value is -3.74. The van der Waals surface area contributed by atoms with Gasteiger partial charge in [0.05, 0.1) is 5.69 Å². The van der Waals surface area contributed by atoms with Crippen LogP contribution in [0, 0.1) is 0 Å². The molecule has 0 saturated carbocycles. The molecular formula is C20H17N5O2. The molecule has 27 heavy (non-hydrogen) atoms. The molecule has 4 aromatic rings. The van der Waals surface area contributed by atoms with Gasteiger partial charge in [-0.25, -0.2) is 0 Å². The molecule has 0 unspecified atom stereocenters. The first-order chi connectivity index (χ1) is 13.1. The molecule has 0 aliphatic rings. The minimum atomic E-state index is -0.115. The third-order valence-electron chi connectivity index (χ3n) is 4.12. The summed E-state index contributed by atoms with van der Waals surface area (Å²) in [7, 11) is 1.90. The lowest BCUT2D eigenvalue weighted by Crippen LogP contribution is -2.05. The van der Waals surface area contributed by atoms with E-state index in [2.05, 4.69) is 20.6 Å². The number of nitrogens with one attached hydrogen (secondary N) is 1. The predicted octanol–water partition coefficient (Wildman–Crippen LogP) is 3.76. The molecule has 0 bridgehead atoms. The molecule has 0 aliphatic heterocycles. The van der Waals surface area contributed by atoms with E-state index in [1.54, 1.807) is 18.3 Å². The molecule has 2 aromatic heterocycles. The van der Waals surface area contributed by atoms with E-state index in [0.717, 1.165) is 28.1 Å². The lowest BCUT2D eigenvalue weighted by molar-refractivity contribution is -0.114. The fraction of sp³-hybridized carbons (Fsp3) is 0.100. The fourth-order valence-corrected chi connectivity index (χ4v) is 2.83. The van der Waals surface area contributed by atoms with Crippen molar-refractivity contribution in [3.8, 4) is 34.1 Å². The second-order valence-electron chi connectivity index (χ2n) is 6.10. The maximum absolute atomic E-state index is 11.1. The Morgan fingerprint density at radius 2 is 1.81 bits per heavy atom. The Morgan fingerprint density at radius 1 is 1.04 bits per heavy atom. The van der Waals surface area contributed by atoms with E-state index in [0.29, 0.717) is 11.7 Å². The zero-order chi connectivity index (χ0) is 18.8. The number of carbonyl (C=O) groups excluding carboxylic acids is 1. The Balaban J connectivity index is 1.61. The average Bonchev–Trinajstić information content (AvgIpc) is 3.31. The van der Waals surface area contributed by atoms with Crippen LogP contribution in [0.4, 0.5) is 5.69 Å². The minimum Gasteiger partial charge on any atom is -0.334 e. The molecule has 0 fully saturated rings. The number of hydrogen-bond acceptors (Lipinski definition) is 5. The lowest BCUT2D eigenvalue weighted by Gasteiger charge is -2.03. The normalized spacial score (nSPS) is 10.7. The highest BCUT2D eigenvalue weighted by molar-refractivity contribution is 5.88. The number of amides is 1. The van der Waals surface area contributed by atoms with Crippen LogP contribution in [-0.2, 0) is 11.8 Å². The number of nitrogens with zero attached hydrogens (tertiary/aromatic N) is 4. The molecule has 2 heterocycles. The van der Waals surface area contributed by atoms with Crippen molar-refractivity contribution in [2.75, 3.05) is 5.32 Å². The standard InChI is InChI=1S/C20H17N5O2/c1-13(26)22-17-8-6-14(7-9-17)20-23-19(24-27-20)16-5-3-4-15(12-16)18-10-11-21-25(18)2/h3-12H,1-2H3,(H,22,26). The Bertz CT molecular complexity index is 1100. The van der Waals surface area contributed by atoms with E-state index >= 15 is 0 Å². The zero-order valence-electron chi connectivity index (χ0n) is 14.9. The van der Waals surface area contributed by atoms with Crippen LogP contribution in [0.25, 0.3) is 34.1 Å². The van der Waals surface area contributed by atoms with Crippen LogP contribution in [-0.4, -0.2) is 25.8 Å². The first-order valence-electron chi connectivity index (χ1n) is 8.41. The number of aryl methyl sites for hydroxylation is 1. The van der Waals surface area contributed by atoms with Crippen molar-refractivity contribution >= 4 is 11.6 Å². The zero-order valence-corrected chi connectivity index (χ0v) is 14.9. The molecule has 134 valence electrons. The van der Waals surface area contributed by atoms with Gasteiger partial charge in [0.15, 0.2) is 0 Å². The molecule has 0 saturated heterocycles. The largest absolute Gasteiger partial charge is 0.334 e. The molecule has 0 radical (unpaired) electrons. The molecule has 7 heteroatoms. The average molecular weight is 359 g/mol. The van der Waals surface area contributed by atoms with Gasteiger partial charge >= 0.3 is 0 Å². The summed E-state index contributed by atoms with van der Waals surface area (Å²) < 4.78 is 7.23. The van der Waals surface area contributed by atoms with Crippen LogP contribution in [0.1, 0.15) is 6.92 Å². The highest BCUT2D eigenvalue weighted by Crippen LogP contribution is 2.27. The number of benzene rings is 2. The fourth-order valence-electron chi connectivity index (χ4n) is 2.83. The highest BCUT2D eigenvalue weighted by atomic mass is 16.5. The van der Waals surface area contributed by atoms with Gasteiger partial charge in [-0.3, -0.25) is 9.48 Å². The number of rotatable bonds is 4. The van der Waals surface area contributed by atoms with Gasteiger partial charge < -0.3 is 9.84 Å². The van der Waals surface area contributed by atoms with Gasteiger partial charge in [0.2, 0.25) is 11.7 Å². The summed E-state index contributed by atoms with van der Waals surface area (Å²) in [4.78, 5) is 15.6. The smallest absolute Gasteiger partial charge is 0.258 e. The van der Waals surface area contributed by atoms with Crippen molar-refractivity contribution in [3.63, 3.8) is 0 Å². The lowest BCUT2D eigenvalue weighted by atomic mass is 10.1. The first kappa shape index (κ1) is 16.7. The monoisotopic (exact) mass is 359 g/mol. The summed E-state index contributed by atoms with van der Waals surface area (Å²) in [6.07, 6.45) is 1.76. The van der Waals surface area contributed by atoms with Gasteiger partial charge in [-0.1, -0.05) is 23.4 Å². The van der Waals surface area contributed by atoms with Gasteiger partial charge in [-0.15, -0.1) is 0 Å². The summed E-state index contributed by atoms with van der Waals surface area (Å²) in [6, 6.07) is 17.1. The van der Waals surface area contributed by atoms with Crippen molar-refractivity contribution < 1.29 is 9.32 Å². The second kappa shape index (κ2) is 6.87. The molecular weight excluding hydrogens is 342 g/mol. The van der Waals surface area contributed by atoms with E-state index in [9.17, 15) is 4.79 Å². The van der Waals surface area contributed by atoms with Crippen molar-refractivity contribution in [3.05, 3.63) is 60.8 Å². The van der Waals surface area contributed by atoms with Crippen LogP contribution in [0.15, 0.2) is 65.3 Å². The van der Waals surface area contributed by atoms with Crippen molar-refractivity contribution in [1.82, 2.24) is 19.9 Å². The van der Waals surface area contributed by atoms with Crippen molar-refractivity contribution in [2.24, 2.45) is 7.05 Å². The Morgan fingerprint density at radius 3 is 2.52 bits per heavy atom. The summed E-state index contributed by atoms with van der Waals surface area (Å²) >= 11 is 0. The first-order valence-corrected chi connectivity index (χ1v) is 8.41. The van der Waals surface area contributed by atoms with Crippen LogP contribution >= 0.6 is 0 Å². The molecule has 0 aliphatic carbocycles. The van der Waals surface area contributed by atoms with Gasteiger partial charge in [-0.2, -0.15) is 10.1 Å². The van der Waals surface area contributed by atoms with Crippen LogP contribution in [0.3, 0.4) is 0 Å². The number of carbonyl (C=O) groups is 1. The molecule has 7 nitrogen and oxygen atoms in total. The Kier molecular flexibility index (Phi) is 4.25. The van der Waals surface area contributed by atoms with Crippen molar-refractivity contribution in [1.29, 1.82) is 0 Å². The third-order valence-corrected chi connectivity index (χ3v) is 4.12. The summed E-state index contributed by atoms with van der Waals surface area (Å²) in [6.45, 7) is 1.47. The maximum Gasteiger partial charge on any atom is 0.258 e. The van der Waals surface area contributed by atoms with Crippen molar-refractivity contribution in [2.45, 2.75) is 6.92 Å². The predicted molar refractivity (Wildman–Crippen MR) is 102 cm³/mol. The summed E-state index contributed by atoms with van der Waals surface area (Å²) in [5.74, 6) is 0.821. The van der Waals surface area contributed by atoms with Crippen LogP contribution < -0.4 is 5.32 Å². The minimum absolute atomic E-state index is 0.115. The molecule has 1 amide bonds. The van der Waals surface area contributed by atoms with E-state index in [-0.39, 0.29) is 5.91 Å². The third kappa shape index (κ3) is 3.48. The summed E-state index contributed by atoms with van der Waals surface area (Å²) in [5.41, 5.74) is 4.40. The van der Waals surface area contributed by atoms with E-state index in [1.807, 2.05) is 54.2 Å². The summed E-state index contributed by atoms with van der Waals surface area (Å²) in [5, 5.41) is 11.0. The highest BCUT2D eigenvalue weighted by Gasteiger charge is 2.12. The topological polar surface area (TPSA) is 85.8 Å². The van der Waals surface area contributed by atoms with E-state index < -0.39 is 0 Å². The second-order valence-corrected chi connectivity index (χ2v) is 6.10. The molecule has 0 spiro atoms. The van der Waals surface area contributed by atoms with Gasteiger partial charge in [0.1, 0.15) is 0 Å². The Labute approximate surface area is 155 Å². The number of anilines is 1. The molecule has 4 rings (SSSR count). The maximum atomic E-state index is 11.1. The van der Waals surface area contributed by atoms with Crippen LogP contribution in [0.5, 0.6) is 0 Å². The molecule has 1 N–H and O–H groups in total. The van der Waals surface area contributed by atoms with E-state index in [1.165, 1.54) is 6.92 Å². The number of aromatic nitrogens is 4. The molecule has 0 atom stereocenters.